The van der Waals surface area contributed by atoms with Gasteiger partial charge in [-0.3, -0.25) is 14.5 Å². The first-order valence-corrected chi connectivity index (χ1v) is 11.8. The first-order valence-electron chi connectivity index (χ1n) is 10.5. The van der Waals surface area contributed by atoms with Gasteiger partial charge in [-0.1, -0.05) is 72.4 Å². The van der Waals surface area contributed by atoms with Gasteiger partial charge in [0.1, 0.15) is 4.32 Å². The van der Waals surface area contributed by atoms with Crippen molar-refractivity contribution in [3.63, 3.8) is 0 Å². The van der Waals surface area contributed by atoms with Crippen molar-refractivity contribution in [3.05, 3.63) is 69.6 Å². The number of carbonyl (C=O) groups excluding carboxylic acids is 2. The summed E-state index contributed by atoms with van der Waals surface area (Å²) >= 11 is 6.77. The number of benzene rings is 2. The van der Waals surface area contributed by atoms with Crippen LogP contribution in [-0.4, -0.2) is 27.6 Å². The molecule has 0 bridgehead atoms. The van der Waals surface area contributed by atoms with Gasteiger partial charge in [0, 0.05) is 18.7 Å². The monoisotopic (exact) mass is 452 g/mol. The number of thioether (sulfide) groups is 1. The van der Waals surface area contributed by atoms with Crippen LogP contribution in [0.1, 0.15) is 47.9 Å². The minimum absolute atomic E-state index is 0.0248. The lowest BCUT2D eigenvalue weighted by atomic mass is 10.1. The van der Waals surface area contributed by atoms with Crippen LogP contribution in [0.2, 0.25) is 0 Å². The van der Waals surface area contributed by atoms with Crippen LogP contribution in [-0.2, 0) is 9.59 Å². The Kier molecular flexibility index (Phi) is 8.04. The Labute approximate surface area is 194 Å². The molecule has 0 aliphatic carbocycles. The molecule has 0 saturated carbocycles. The second-order valence-corrected chi connectivity index (χ2v) is 9.53. The highest BCUT2D eigenvalue weighted by Gasteiger charge is 2.31. The van der Waals surface area contributed by atoms with Crippen LogP contribution in [0.15, 0.2) is 47.4 Å². The summed E-state index contributed by atoms with van der Waals surface area (Å²) in [6, 6.07) is 14.0. The quantitative estimate of drug-likeness (QED) is 0.303. The molecule has 0 atom stereocenters. The van der Waals surface area contributed by atoms with Gasteiger partial charge in [0.05, 0.1) is 4.91 Å². The van der Waals surface area contributed by atoms with Crippen molar-refractivity contribution >= 4 is 51.9 Å². The first kappa shape index (κ1) is 23.2. The highest BCUT2D eigenvalue weighted by Crippen LogP contribution is 2.32. The third kappa shape index (κ3) is 6.28. The molecule has 1 saturated heterocycles. The van der Waals surface area contributed by atoms with E-state index in [-0.39, 0.29) is 11.8 Å². The average molecular weight is 453 g/mol. The van der Waals surface area contributed by atoms with E-state index in [4.69, 9.17) is 12.2 Å². The Bertz CT molecular complexity index is 1010. The summed E-state index contributed by atoms with van der Waals surface area (Å²) in [7, 11) is 0. The Hall–Kier alpha value is -2.44. The van der Waals surface area contributed by atoms with Crippen LogP contribution in [0, 0.1) is 20.8 Å². The lowest BCUT2D eigenvalue weighted by Gasteiger charge is -2.14. The summed E-state index contributed by atoms with van der Waals surface area (Å²) in [6.07, 6.45) is 4.84. The first-order chi connectivity index (χ1) is 14.8. The molecular weight excluding hydrogens is 424 g/mol. The van der Waals surface area contributed by atoms with Crippen molar-refractivity contribution in [3.8, 4) is 0 Å². The van der Waals surface area contributed by atoms with E-state index in [0.29, 0.717) is 22.2 Å². The molecule has 1 fully saturated rings. The third-order valence-electron chi connectivity index (χ3n) is 5.41. The molecule has 2 amide bonds. The topological polar surface area (TPSA) is 49.4 Å². The summed E-state index contributed by atoms with van der Waals surface area (Å²) in [4.78, 5) is 27.3. The second-order valence-electron chi connectivity index (χ2n) is 7.85. The zero-order chi connectivity index (χ0) is 22.4. The van der Waals surface area contributed by atoms with Crippen molar-refractivity contribution in [2.75, 3.05) is 11.9 Å². The van der Waals surface area contributed by atoms with Crippen LogP contribution in [0.5, 0.6) is 0 Å². The average Bonchev–Trinajstić information content (AvgIpc) is 3.00. The summed E-state index contributed by atoms with van der Waals surface area (Å²) in [5, 5.41) is 2.99. The fraction of sp³-hybridized carbons (Fsp3) is 0.320. The molecule has 6 heteroatoms. The molecule has 1 heterocycles. The van der Waals surface area contributed by atoms with Crippen molar-refractivity contribution in [1.82, 2.24) is 4.90 Å². The number of nitrogens with zero attached hydrogens (tertiary/aromatic N) is 1. The molecule has 0 spiro atoms. The standard InChI is InChI=1S/C25H28N2O2S2/c1-17-11-13-20(14-12-17)16-22-24(29)27(25(30)31-22)15-6-4-5-10-23(28)26-21-9-7-8-18(2)19(21)3/h7-9,11-14,16H,4-6,10,15H2,1-3H3,(H,26,28). The number of amides is 2. The van der Waals surface area contributed by atoms with E-state index in [1.807, 2.05) is 69.3 Å². The maximum Gasteiger partial charge on any atom is 0.266 e. The SMILES string of the molecule is Cc1ccc(C=C2SC(=S)N(CCCCCC(=O)Nc3cccc(C)c3C)C2=O)cc1. The van der Waals surface area contributed by atoms with Crippen molar-refractivity contribution in [2.45, 2.75) is 46.5 Å². The van der Waals surface area contributed by atoms with E-state index in [9.17, 15) is 9.59 Å². The Morgan fingerprint density at radius 1 is 1.06 bits per heavy atom. The molecule has 1 aliphatic heterocycles. The zero-order valence-electron chi connectivity index (χ0n) is 18.2. The zero-order valence-corrected chi connectivity index (χ0v) is 19.9. The third-order valence-corrected chi connectivity index (χ3v) is 6.79. The number of aryl methyl sites for hydroxylation is 2. The molecule has 2 aromatic rings. The van der Waals surface area contributed by atoms with Gasteiger partial charge in [-0.05, 0) is 62.4 Å². The van der Waals surface area contributed by atoms with Crippen molar-refractivity contribution < 1.29 is 9.59 Å². The van der Waals surface area contributed by atoms with E-state index in [1.165, 1.54) is 17.3 Å². The molecule has 1 N–H and O–H groups in total. The van der Waals surface area contributed by atoms with Crippen LogP contribution >= 0.6 is 24.0 Å². The maximum absolute atomic E-state index is 12.7. The number of rotatable bonds is 8. The molecule has 31 heavy (non-hydrogen) atoms. The van der Waals surface area contributed by atoms with Gasteiger partial charge >= 0.3 is 0 Å². The largest absolute Gasteiger partial charge is 0.326 e. The van der Waals surface area contributed by atoms with E-state index >= 15 is 0 Å². The highest BCUT2D eigenvalue weighted by atomic mass is 32.2. The molecule has 0 unspecified atom stereocenters. The number of thiocarbonyl (C=S) groups is 1. The van der Waals surface area contributed by atoms with Crippen LogP contribution in [0.3, 0.4) is 0 Å². The molecular formula is C25H28N2O2S2. The number of anilines is 1. The lowest BCUT2D eigenvalue weighted by Crippen LogP contribution is -2.29. The normalized spacial score (nSPS) is 15.1. The number of unbranched alkanes of at least 4 members (excludes halogenated alkanes) is 2. The number of carbonyl (C=O) groups is 2. The predicted octanol–water partition coefficient (Wildman–Crippen LogP) is 6.01. The van der Waals surface area contributed by atoms with E-state index in [2.05, 4.69) is 5.32 Å². The Morgan fingerprint density at radius 3 is 2.55 bits per heavy atom. The van der Waals surface area contributed by atoms with Gasteiger partial charge in [0.15, 0.2) is 0 Å². The van der Waals surface area contributed by atoms with Gasteiger partial charge in [0.25, 0.3) is 5.91 Å². The Balaban J connectivity index is 1.42. The maximum atomic E-state index is 12.7. The highest BCUT2D eigenvalue weighted by molar-refractivity contribution is 8.26. The number of nitrogens with one attached hydrogen (secondary N) is 1. The van der Waals surface area contributed by atoms with E-state index in [0.717, 1.165) is 41.6 Å². The van der Waals surface area contributed by atoms with Crippen LogP contribution < -0.4 is 5.32 Å². The minimum atomic E-state index is -0.0248. The predicted molar refractivity (Wildman–Crippen MR) is 134 cm³/mol. The molecule has 3 rings (SSSR count). The lowest BCUT2D eigenvalue weighted by molar-refractivity contribution is -0.122. The summed E-state index contributed by atoms with van der Waals surface area (Å²) < 4.78 is 0.607. The second kappa shape index (κ2) is 10.7. The molecule has 1 aliphatic rings. The van der Waals surface area contributed by atoms with E-state index < -0.39 is 0 Å². The Morgan fingerprint density at radius 2 is 1.81 bits per heavy atom. The van der Waals surface area contributed by atoms with Gasteiger partial charge in [-0.15, -0.1) is 0 Å². The van der Waals surface area contributed by atoms with E-state index in [1.54, 1.807) is 4.90 Å². The molecule has 0 aromatic heterocycles. The minimum Gasteiger partial charge on any atom is -0.326 e. The molecule has 0 radical (unpaired) electrons. The number of hydrogen-bond donors (Lipinski definition) is 1. The van der Waals surface area contributed by atoms with Crippen molar-refractivity contribution in [1.29, 1.82) is 0 Å². The fourth-order valence-corrected chi connectivity index (χ4v) is 4.65. The molecule has 2 aromatic carbocycles. The number of hydrogen-bond acceptors (Lipinski definition) is 4. The van der Waals surface area contributed by atoms with Gasteiger partial charge < -0.3 is 5.32 Å². The van der Waals surface area contributed by atoms with Gasteiger partial charge in [-0.25, -0.2) is 0 Å². The summed E-state index contributed by atoms with van der Waals surface area (Å²) in [5.41, 5.74) is 5.33. The summed E-state index contributed by atoms with van der Waals surface area (Å²) in [5.74, 6) is 0.00332. The van der Waals surface area contributed by atoms with Crippen LogP contribution in [0.25, 0.3) is 6.08 Å². The smallest absolute Gasteiger partial charge is 0.266 e. The molecule has 4 nitrogen and oxygen atoms in total. The van der Waals surface area contributed by atoms with Crippen molar-refractivity contribution in [2.24, 2.45) is 0 Å². The fourth-order valence-electron chi connectivity index (χ4n) is 3.34. The molecule has 162 valence electrons. The van der Waals surface area contributed by atoms with Gasteiger partial charge in [-0.2, -0.15) is 0 Å². The summed E-state index contributed by atoms with van der Waals surface area (Å²) in [6.45, 7) is 6.68. The van der Waals surface area contributed by atoms with Gasteiger partial charge in [0.2, 0.25) is 5.91 Å². The van der Waals surface area contributed by atoms with Crippen LogP contribution in [0.4, 0.5) is 5.69 Å².